The average molecular weight is 1690 g/mol. The molecule has 13 rings (SSSR count). The van der Waals surface area contributed by atoms with Gasteiger partial charge in [-0.05, 0) is 137 Å². The van der Waals surface area contributed by atoms with Gasteiger partial charge in [-0.2, -0.15) is 0 Å². The molecule has 0 aliphatic carbocycles. The van der Waals surface area contributed by atoms with Crippen LogP contribution in [0, 0.1) is 41.4 Å². The first kappa shape index (κ1) is 88.5. The first-order valence-electron chi connectivity index (χ1n) is 41.0. The fourth-order valence-corrected chi connectivity index (χ4v) is 16.4. The molecule has 30 heteroatoms. The molecule has 20 atom stereocenters. The molecule has 0 spiro atoms. The fourth-order valence-electron chi connectivity index (χ4n) is 16.4. The van der Waals surface area contributed by atoms with Crippen molar-refractivity contribution in [3.05, 3.63) is 144 Å². The molecule has 6 aliphatic rings. The van der Waals surface area contributed by atoms with Crippen LogP contribution < -0.4 is 18.9 Å². The highest BCUT2D eigenvalue weighted by Crippen LogP contribution is 2.45. The number of ether oxygens (including phenoxy) is 17. The van der Waals surface area contributed by atoms with Gasteiger partial charge in [0.2, 0.25) is 25.2 Å². The van der Waals surface area contributed by atoms with Crippen LogP contribution in [0.15, 0.2) is 121 Å². The number of hydrogen-bond acceptors (Lipinski definition) is 28. The lowest BCUT2D eigenvalue weighted by Gasteiger charge is -2.43. The predicted molar refractivity (Wildman–Crippen MR) is 446 cm³/mol. The zero-order valence-electron chi connectivity index (χ0n) is 71.2. The summed E-state index contributed by atoms with van der Waals surface area (Å²) in [6.07, 6.45) is -5.27. The van der Waals surface area contributed by atoms with Crippen molar-refractivity contribution in [3.8, 4) is 67.5 Å². The van der Waals surface area contributed by atoms with Gasteiger partial charge >= 0.3 is 53.7 Å². The van der Waals surface area contributed by atoms with Gasteiger partial charge in [0.05, 0.1) is 47.0 Å². The SMILES string of the molecule is CC(=O)OCC1O[C@@H](Oc2cccc(-c3c4nc(c(-c5cccc(O[C@@H]6OC(COC(C)=O)[C@@H](C)[C@H](C)C6OC(C)=O)c5)c5ccc([nH]5)c(-c5cccc(O[C@@H]6OC(COC(C)=O)[C@@H](C)[C@H](C)C6OC(C)=O)c5)c5nc(c(-c6cccc(OC7O[C@H](COC(C)=O)C(OC(C)=O)[C@@H](OC(C)=O)[C@H]7C)c6)c6ccc3[nH]6)C=C5)C=C4)c2)C(OC(C)=O)[C@@H](C)[C@@H]1C. The highest BCUT2D eigenvalue weighted by Gasteiger charge is 2.51. The van der Waals surface area contributed by atoms with Gasteiger partial charge in [-0.3, -0.25) is 43.2 Å². The molecule has 0 radical (unpaired) electrons. The summed E-state index contributed by atoms with van der Waals surface area (Å²) in [6, 6.07) is 36.7. The molecule has 4 fully saturated rings. The Bertz CT molecular complexity index is 5290. The van der Waals surface area contributed by atoms with Crippen LogP contribution >= 0.6 is 0 Å². The second-order valence-corrected chi connectivity index (χ2v) is 31.9. The summed E-state index contributed by atoms with van der Waals surface area (Å²) in [4.78, 5) is 132. The van der Waals surface area contributed by atoms with Gasteiger partial charge in [0, 0.05) is 124 Å². The normalized spacial score (nSPS) is 26.4. The van der Waals surface area contributed by atoms with Crippen LogP contribution in [0.25, 0.3) is 90.9 Å². The highest BCUT2D eigenvalue weighted by molar-refractivity contribution is 6.00. The van der Waals surface area contributed by atoms with E-state index in [0.717, 1.165) is 0 Å². The number of nitrogens with zero attached hydrogens (tertiary/aromatic N) is 2. The number of fused-ring (bicyclic) bond motifs is 8. The zero-order valence-corrected chi connectivity index (χ0v) is 71.2. The molecule has 30 nitrogen and oxygen atoms in total. The lowest BCUT2D eigenvalue weighted by molar-refractivity contribution is -0.267. The lowest BCUT2D eigenvalue weighted by Crippen LogP contribution is -2.59. The third-order valence-corrected chi connectivity index (χ3v) is 23.0. The molecule has 6 aliphatic heterocycles. The maximum atomic E-state index is 12.9. The Morgan fingerprint density at radius 3 is 0.797 bits per heavy atom. The minimum absolute atomic E-state index is 0.0788. The number of aromatic amines is 2. The molecule has 3 aromatic heterocycles. The van der Waals surface area contributed by atoms with Gasteiger partial charge in [-0.15, -0.1) is 0 Å². The van der Waals surface area contributed by atoms with Crippen molar-refractivity contribution in [3.63, 3.8) is 0 Å². The monoisotopic (exact) mass is 1690 g/mol. The summed E-state index contributed by atoms with van der Waals surface area (Å²) in [7, 11) is 0. The van der Waals surface area contributed by atoms with Gasteiger partial charge in [0.1, 0.15) is 61.6 Å². The van der Waals surface area contributed by atoms with Crippen LogP contribution in [0.2, 0.25) is 0 Å². The number of benzene rings is 4. The van der Waals surface area contributed by atoms with Crippen molar-refractivity contribution in [2.45, 2.75) is 191 Å². The molecule has 650 valence electrons. The van der Waals surface area contributed by atoms with E-state index in [1.54, 1.807) is 43.3 Å². The third-order valence-electron chi connectivity index (χ3n) is 23.0. The van der Waals surface area contributed by atoms with Crippen molar-refractivity contribution in [1.82, 2.24) is 19.9 Å². The average Bonchev–Trinajstić information content (AvgIpc) is 1.62. The van der Waals surface area contributed by atoms with E-state index in [9.17, 15) is 43.2 Å². The lowest BCUT2D eigenvalue weighted by atomic mass is 9.83. The van der Waals surface area contributed by atoms with Gasteiger partial charge in [0.25, 0.3) is 0 Å². The molecular formula is C93H102N4O26. The summed E-state index contributed by atoms with van der Waals surface area (Å²) in [6.45, 7) is 24.2. The van der Waals surface area contributed by atoms with Crippen molar-refractivity contribution >= 4 is 100 Å². The number of aromatic nitrogens is 4. The van der Waals surface area contributed by atoms with Crippen molar-refractivity contribution in [2.75, 3.05) is 26.4 Å². The van der Waals surface area contributed by atoms with Crippen LogP contribution in [0.4, 0.5) is 0 Å². The zero-order chi connectivity index (χ0) is 87.9. The Labute approximate surface area is 710 Å². The van der Waals surface area contributed by atoms with E-state index < -0.39 is 140 Å². The molecule has 9 heterocycles. The van der Waals surface area contributed by atoms with Crippen LogP contribution in [0.3, 0.4) is 0 Å². The number of nitrogens with one attached hydrogen (secondary N) is 2. The van der Waals surface area contributed by atoms with Crippen LogP contribution in [0.5, 0.6) is 23.0 Å². The van der Waals surface area contributed by atoms with E-state index in [0.29, 0.717) is 107 Å². The Balaban J connectivity index is 1.04. The molecule has 0 saturated carbocycles. The minimum atomic E-state index is -1.20. The molecular weight excluding hydrogens is 1590 g/mol. The fraction of sp³-hybridized carbons (Fsp3) is 0.430. The van der Waals surface area contributed by atoms with E-state index in [2.05, 4.69) is 9.97 Å². The second kappa shape index (κ2) is 38.4. The first-order valence-corrected chi connectivity index (χ1v) is 41.0. The van der Waals surface area contributed by atoms with E-state index in [1.807, 2.05) is 151 Å². The smallest absolute Gasteiger partial charge is 0.303 e. The minimum Gasteiger partial charge on any atom is -0.464 e. The topological polar surface area (TPSA) is 368 Å². The Hall–Kier alpha value is -12.3. The maximum Gasteiger partial charge on any atom is 0.303 e. The summed E-state index contributed by atoms with van der Waals surface area (Å²) < 4.78 is 105. The standard InChI is InChI=1S/C93H102N4O26/c1-45-48(4)86(112-57(13)103)91(120-77(45)41-107-52(8)98)117-66-26-18-22-62(38-66)82-71-31-29-69(94-71)81(61-21-17-25-65(37-61)116-90-51(7)85(111-56(12)102)89(115-60(16)106)80(123-90)44-110-55(11)101)70-30-32-72(95-70)83(63-23-19-27-67(39-63)118-92-87(113-58(14)104)49(5)46(2)78(121-92)42-108-53(9)99)74-34-36-76(97-74)84(75-35-33-73(82)96-75)64-24-20-28-68(40-64)119-93-88(114-59(15)105)50(6)47(3)79(122-93)43-109-54(10)100/h17-40,45-51,77-80,85-94,97H,41-44H2,1-16H3/t45-,46-,47-,48-,49-,50-,51+,77?,78?,79?,80+,85-,86?,87?,88?,89?,90?,91+,92+,93+/m0/s1. The molecule has 4 aromatic carbocycles. The maximum absolute atomic E-state index is 12.9. The number of rotatable bonds is 25. The van der Waals surface area contributed by atoms with E-state index in [4.69, 9.17) is 90.5 Å². The Morgan fingerprint density at radius 2 is 0.528 bits per heavy atom. The van der Waals surface area contributed by atoms with Crippen molar-refractivity contribution in [1.29, 1.82) is 0 Å². The summed E-state index contributed by atoms with van der Waals surface area (Å²) >= 11 is 0. The first-order chi connectivity index (χ1) is 58.7. The molecule has 0 amide bonds. The molecule has 8 unspecified atom stereocenters. The Kier molecular flexibility index (Phi) is 27.7. The Morgan fingerprint density at radius 1 is 0.285 bits per heavy atom. The number of carbonyl (C=O) groups is 9. The molecule has 7 aromatic rings. The number of hydrogen-bond donors (Lipinski definition) is 2. The summed E-state index contributed by atoms with van der Waals surface area (Å²) in [5.41, 5.74) is 8.59. The van der Waals surface area contributed by atoms with Crippen molar-refractivity contribution in [2.24, 2.45) is 41.4 Å². The van der Waals surface area contributed by atoms with Crippen LogP contribution in [-0.2, 0) is 105 Å². The van der Waals surface area contributed by atoms with E-state index >= 15 is 0 Å². The summed E-state index contributed by atoms with van der Waals surface area (Å²) in [5, 5.41) is 0. The van der Waals surface area contributed by atoms with Gasteiger partial charge in [-0.1, -0.05) is 97.0 Å². The molecule has 2 N–H and O–H groups in total. The number of H-pyrrole nitrogens is 2. The summed E-state index contributed by atoms with van der Waals surface area (Å²) in [5.74, 6) is -6.47. The molecule has 4 saturated heterocycles. The van der Waals surface area contributed by atoms with E-state index in [1.165, 1.54) is 62.3 Å². The largest absolute Gasteiger partial charge is 0.464 e. The van der Waals surface area contributed by atoms with Crippen LogP contribution in [0.1, 0.15) is 134 Å². The molecule has 8 bridgehead atoms. The second-order valence-electron chi connectivity index (χ2n) is 31.9. The van der Waals surface area contributed by atoms with Gasteiger partial charge in [-0.25, -0.2) is 9.97 Å². The highest BCUT2D eigenvalue weighted by atomic mass is 16.7. The van der Waals surface area contributed by atoms with Gasteiger partial charge in [0.15, 0.2) is 24.4 Å². The van der Waals surface area contributed by atoms with Crippen LogP contribution in [-0.4, -0.2) is 180 Å². The molecule has 123 heavy (non-hydrogen) atoms. The van der Waals surface area contributed by atoms with E-state index in [-0.39, 0.29) is 67.7 Å². The van der Waals surface area contributed by atoms with Crippen molar-refractivity contribution < 1.29 is 124 Å². The third kappa shape index (κ3) is 20.8. The number of esters is 9. The predicted octanol–water partition coefficient (Wildman–Crippen LogP) is 14.1. The number of carbonyl (C=O) groups excluding carboxylic acids is 9. The quantitative estimate of drug-likeness (QED) is 0.0396. The van der Waals surface area contributed by atoms with Gasteiger partial charge < -0.3 is 90.5 Å².